The molecule has 0 radical (unpaired) electrons. The Balaban J connectivity index is 2.39. The molecule has 5 nitrogen and oxygen atoms in total. The van der Waals surface area contributed by atoms with Crippen LogP contribution < -0.4 is 11.2 Å². The number of hydrazine groups is 1. The summed E-state index contributed by atoms with van der Waals surface area (Å²) in [5, 5.41) is 1.90. The summed E-state index contributed by atoms with van der Waals surface area (Å²) in [6.07, 6.45) is -0.462. The van der Waals surface area contributed by atoms with Gasteiger partial charge >= 0.3 is 0 Å². The number of carbonyl (C=O) groups excluding carboxylic acids is 1. The Morgan fingerprint density at radius 2 is 2.55 bits per heavy atom. The van der Waals surface area contributed by atoms with Gasteiger partial charge in [-0.2, -0.15) is 0 Å². The molecule has 1 amide bonds. The molecule has 1 unspecified atom stereocenters. The van der Waals surface area contributed by atoms with E-state index in [0.717, 1.165) is 6.54 Å². The topological polar surface area (TPSA) is 67.6 Å². The number of amides is 1. The second kappa shape index (κ2) is 3.66. The third-order valence-corrected chi connectivity index (χ3v) is 1.70. The van der Waals surface area contributed by atoms with Crippen molar-refractivity contribution in [3.8, 4) is 0 Å². The van der Waals surface area contributed by atoms with Crippen LogP contribution >= 0.6 is 0 Å². The van der Waals surface area contributed by atoms with Crippen molar-refractivity contribution in [2.75, 3.05) is 26.7 Å². The number of primary amides is 1. The molecule has 0 aliphatic carbocycles. The number of hydrogen-bond donors (Lipinski definition) is 2. The molecule has 0 bridgehead atoms. The Morgan fingerprint density at radius 3 is 3.09 bits per heavy atom. The van der Waals surface area contributed by atoms with E-state index in [1.54, 1.807) is 0 Å². The molecule has 5 heteroatoms. The van der Waals surface area contributed by atoms with Crippen LogP contribution in [0, 0.1) is 0 Å². The quantitative estimate of drug-likeness (QED) is 0.504. The van der Waals surface area contributed by atoms with Crippen LogP contribution in [-0.4, -0.2) is 43.8 Å². The molecule has 1 aliphatic heterocycles. The maximum atomic E-state index is 10.7. The summed E-state index contributed by atoms with van der Waals surface area (Å²) in [5.74, 6) is -0.398. The highest BCUT2D eigenvalue weighted by atomic mass is 16.5. The molecule has 64 valence electrons. The van der Waals surface area contributed by atoms with Gasteiger partial charge in [0, 0.05) is 13.1 Å². The van der Waals surface area contributed by atoms with E-state index in [4.69, 9.17) is 10.5 Å². The first-order valence-corrected chi connectivity index (χ1v) is 3.57. The van der Waals surface area contributed by atoms with Gasteiger partial charge in [0.2, 0.25) is 5.91 Å². The van der Waals surface area contributed by atoms with Crippen LogP contribution in [0.3, 0.4) is 0 Å². The first-order valence-electron chi connectivity index (χ1n) is 3.57. The molecule has 1 aliphatic rings. The standard InChI is InChI=1S/C6H13N3O2/c1-8-9-2-3-11-5(4-9)6(7)10/h5,8H,2-4H2,1H3,(H2,7,10). The van der Waals surface area contributed by atoms with E-state index >= 15 is 0 Å². The van der Waals surface area contributed by atoms with E-state index in [9.17, 15) is 4.79 Å². The molecule has 1 saturated heterocycles. The number of morpholine rings is 1. The summed E-state index contributed by atoms with van der Waals surface area (Å²) in [5.41, 5.74) is 8.00. The highest BCUT2D eigenvalue weighted by molar-refractivity contribution is 5.79. The van der Waals surface area contributed by atoms with Crippen LogP contribution in [0.2, 0.25) is 0 Å². The molecule has 1 heterocycles. The van der Waals surface area contributed by atoms with Gasteiger partial charge in [0.25, 0.3) is 0 Å². The van der Waals surface area contributed by atoms with Crippen molar-refractivity contribution < 1.29 is 9.53 Å². The minimum absolute atomic E-state index is 0.398. The van der Waals surface area contributed by atoms with E-state index in [0.29, 0.717) is 13.2 Å². The van der Waals surface area contributed by atoms with Crippen LogP contribution in [0.25, 0.3) is 0 Å². The maximum Gasteiger partial charge on any atom is 0.247 e. The molecule has 1 atom stereocenters. The number of ether oxygens (including phenoxy) is 1. The van der Waals surface area contributed by atoms with Crippen LogP contribution in [0.1, 0.15) is 0 Å². The van der Waals surface area contributed by atoms with Crippen molar-refractivity contribution in [3.63, 3.8) is 0 Å². The Bertz CT molecular complexity index is 151. The summed E-state index contributed by atoms with van der Waals surface area (Å²) in [6.45, 7) is 1.88. The molecular formula is C6H13N3O2. The van der Waals surface area contributed by atoms with Crippen molar-refractivity contribution in [2.24, 2.45) is 5.73 Å². The number of nitrogens with zero attached hydrogens (tertiary/aromatic N) is 1. The van der Waals surface area contributed by atoms with Gasteiger partial charge in [0.1, 0.15) is 6.10 Å². The molecular weight excluding hydrogens is 146 g/mol. The zero-order valence-corrected chi connectivity index (χ0v) is 6.54. The highest BCUT2D eigenvalue weighted by Crippen LogP contribution is 2.00. The second-order valence-electron chi connectivity index (χ2n) is 2.43. The lowest BCUT2D eigenvalue weighted by Crippen LogP contribution is -2.52. The highest BCUT2D eigenvalue weighted by Gasteiger charge is 2.23. The van der Waals surface area contributed by atoms with E-state index in [-0.39, 0.29) is 0 Å². The third-order valence-electron chi connectivity index (χ3n) is 1.70. The fraction of sp³-hybridized carbons (Fsp3) is 0.833. The van der Waals surface area contributed by atoms with E-state index < -0.39 is 12.0 Å². The summed E-state index contributed by atoms with van der Waals surface area (Å²) in [4.78, 5) is 10.7. The van der Waals surface area contributed by atoms with Crippen LogP contribution in [0.5, 0.6) is 0 Å². The zero-order valence-electron chi connectivity index (χ0n) is 6.54. The van der Waals surface area contributed by atoms with Gasteiger partial charge in [0.15, 0.2) is 0 Å². The van der Waals surface area contributed by atoms with Gasteiger partial charge in [-0.25, -0.2) is 5.01 Å². The number of hydrogen-bond acceptors (Lipinski definition) is 4. The number of nitrogens with one attached hydrogen (secondary N) is 1. The Hall–Kier alpha value is -0.650. The molecule has 11 heavy (non-hydrogen) atoms. The van der Waals surface area contributed by atoms with Gasteiger partial charge in [-0.1, -0.05) is 0 Å². The second-order valence-corrected chi connectivity index (χ2v) is 2.43. The fourth-order valence-electron chi connectivity index (χ4n) is 1.02. The van der Waals surface area contributed by atoms with E-state index in [2.05, 4.69) is 5.43 Å². The average Bonchev–Trinajstić information content (AvgIpc) is 2.05. The van der Waals surface area contributed by atoms with Crippen LogP contribution in [-0.2, 0) is 9.53 Å². The van der Waals surface area contributed by atoms with E-state index in [1.807, 2.05) is 12.1 Å². The summed E-state index contributed by atoms with van der Waals surface area (Å²) < 4.78 is 5.12. The summed E-state index contributed by atoms with van der Waals surface area (Å²) >= 11 is 0. The lowest BCUT2D eigenvalue weighted by atomic mass is 10.3. The van der Waals surface area contributed by atoms with Gasteiger partial charge in [0.05, 0.1) is 6.61 Å². The summed E-state index contributed by atoms with van der Waals surface area (Å²) in [7, 11) is 1.81. The third kappa shape index (κ3) is 2.14. The van der Waals surface area contributed by atoms with Crippen molar-refractivity contribution in [2.45, 2.75) is 6.10 Å². The Labute approximate surface area is 65.5 Å². The van der Waals surface area contributed by atoms with Crippen molar-refractivity contribution in [3.05, 3.63) is 0 Å². The number of nitrogens with two attached hydrogens (primary N) is 1. The maximum absolute atomic E-state index is 10.7. The molecule has 0 aromatic carbocycles. The minimum atomic E-state index is -0.462. The van der Waals surface area contributed by atoms with Gasteiger partial charge in [-0.05, 0) is 7.05 Å². The Kier molecular flexibility index (Phi) is 2.81. The predicted octanol–water partition coefficient (Wildman–Crippen LogP) is -1.69. The van der Waals surface area contributed by atoms with Gasteiger partial charge < -0.3 is 10.5 Å². The number of carbonyl (C=O) groups is 1. The molecule has 3 N–H and O–H groups in total. The van der Waals surface area contributed by atoms with Crippen LogP contribution in [0.15, 0.2) is 0 Å². The normalized spacial score (nSPS) is 26.8. The molecule has 0 spiro atoms. The molecule has 1 fully saturated rings. The van der Waals surface area contributed by atoms with Crippen molar-refractivity contribution in [1.29, 1.82) is 0 Å². The molecule has 1 rings (SSSR count). The van der Waals surface area contributed by atoms with Crippen molar-refractivity contribution >= 4 is 5.91 Å². The number of rotatable bonds is 2. The minimum Gasteiger partial charge on any atom is -0.367 e. The predicted molar refractivity (Wildman–Crippen MR) is 39.6 cm³/mol. The van der Waals surface area contributed by atoms with Gasteiger partial charge in [-0.3, -0.25) is 10.2 Å². The molecule has 0 saturated carbocycles. The average molecular weight is 159 g/mol. The fourth-order valence-corrected chi connectivity index (χ4v) is 1.02. The SMILES string of the molecule is CNN1CCOC(C(N)=O)C1. The first-order chi connectivity index (χ1) is 5.24. The first kappa shape index (κ1) is 8.45. The lowest BCUT2D eigenvalue weighted by molar-refractivity contribution is -0.136. The van der Waals surface area contributed by atoms with Crippen LogP contribution in [0.4, 0.5) is 0 Å². The molecule has 0 aromatic rings. The largest absolute Gasteiger partial charge is 0.367 e. The smallest absolute Gasteiger partial charge is 0.247 e. The molecule has 0 aromatic heterocycles. The van der Waals surface area contributed by atoms with Gasteiger partial charge in [-0.15, -0.1) is 0 Å². The monoisotopic (exact) mass is 159 g/mol. The summed E-state index contributed by atoms with van der Waals surface area (Å²) in [6, 6.07) is 0. The van der Waals surface area contributed by atoms with E-state index in [1.165, 1.54) is 0 Å². The lowest BCUT2D eigenvalue weighted by Gasteiger charge is -2.30. The Morgan fingerprint density at radius 1 is 1.82 bits per heavy atom. The zero-order chi connectivity index (χ0) is 8.27. The van der Waals surface area contributed by atoms with Crippen molar-refractivity contribution in [1.82, 2.24) is 10.4 Å².